The predicted octanol–water partition coefficient (Wildman–Crippen LogP) is 3.37. The van der Waals surface area contributed by atoms with E-state index in [1.807, 2.05) is 19.1 Å². The molecule has 0 atom stereocenters. The highest BCUT2D eigenvalue weighted by atomic mass is 35.5. The minimum absolute atomic E-state index is 0.345. The number of aromatic nitrogens is 1. The highest BCUT2D eigenvalue weighted by Gasteiger charge is 1.95. The molecule has 14 heavy (non-hydrogen) atoms. The van der Waals surface area contributed by atoms with Crippen LogP contribution in [0.2, 0.25) is 5.15 Å². The molecule has 0 saturated carbocycles. The fourth-order valence-electron chi connectivity index (χ4n) is 0.943. The van der Waals surface area contributed by atoms with E-state index in [0.717, 1.165) is 11.1 Å². The highest BCUT2D eigenvalue weighted by Crippen LogP contribution is 2.13. The second-order valence-electron chi connectivity index (χ2n) is 2.69. The Balaban J connectivity index is 2.72. The summed E-state index contributed by atoms with van der Waals surface area (Å²) in [4.78, 5) is 6.62. The first-order valence-electron chi connectivity index (χ1n) is 4.03. The molecule has 0 aliphatic carbocycles. The molecule has 0 amide bonds. The molecule has 0 radical (unpaired) electrons. The molecule has 0 N–H and O–H groups in total. The van der Waals surface area contributed by atoms with Crippen molar-refractivity contribution in [1.82, 2.24) is 4.98 Å². The van der Waals surface area contributed by atoms with Crippen LogP contribution in [0.5, 0.6) is 0 Å². The van der Waals surface area contributed by atoms with Crippen molar-refractivity contribution in [2.75, 3.05) is 6.54 Å². The molecule has 1 aromatic heterocycles. The van der Waals surface area contributed by atoms with Crippen LogP contribution in [-0.2, 0) is 0 Å². The van der Waals surface area contributed by atoms with Crippen LogP contribution in [0.1, 0.15) is 11.1 Å². The summed E-state index contributed by atoms with van der Waals surface area (Å²) in [6.45, 7) is 2.23. The Bertz CT molecular complexity index is 394. The van der Waals surface area contributed by atoms with E-state index in [-0.39, 0.29) is 0 Å². The lowest BCUT2D eigenvalue weighted by Crippen LogP contribution is -1.83. The molecule has 4 nitrogen and oxygen atoms in total. The number of azide groups is 1. The summed E-state index contributed by atoms with van der Waals surface area (Å²) in [5, 5.41) is 3.89. The number of halogens is 1. The van der Waals surface area contributed by atoms with E-state index in [9.17, 15) is 0 Å². The van der Waals surface area contributed by atoms with E-state index in [1.54, 1.807) is 12.3 Å². The predicted molar refractivity (Wildman–Crippen MR) is 57.0 cm³/mol. The van der Waals surface area contributed by atoms with Crippen molar-refractivity contribution in [1.29, 1.82) is 0 Å². The maximum Gasteiger partial charge on any atom is 0.131 e. The Hall–Kier alpha value is -1.51. The van der Waals surface area contributed by atoms with Gasteiger partial charge in [0.2, 0.25) is 0 Å². The van der Waals surface area contributed by atoms with Gasteiger partial charge in [0, 0.05) is 17.7 Å². The van der Waals surface area contributed by atoms with Crippen molar-refractivity contribution < 1.29 is 0 Å². The Labute approximate surface area is 86.9 Å². The van der Waals surface area contributed by atoms with Gasteiger partial charge in [-0.15, -0.1) is 0 Å². The van der Waals surface area contributed by atoms with Gasteiger partial charge < -0.3 is 0 Å². The van der Waals surface area contributed by atoms with Crippen LogP contribution in [0.4, 0.5) is 0 Å². The molecule has 1 heterocycles. The molecule has 0 saturated heterocycles. The summed E-state index contributed by atoms with van der Waals surface area (Å²) in [5.74, 6) is 0. The molecule has 5 heteroatoms. The monoisotopic (exact) mass is 208 g/mol. The summed E-state index contributed by atoms with van der Waals surface area (Å²) < 4.78 is 0. The second-order valence-corrected chi connectivity index (χ2v) is 3.05. The van der Waals surface area contributed by atoms with Gasteiger partial charge >= 0.3 is 0 Å². The van der Waals surface area contributed by atoms with Crippen molar-refractivity contribution >= 4 is 17.7 Å². The first kappa shape index (κ1) is 10.6. The van der Waals surface area contributed by atoms with Gasteiger partial charge in [0.15, 0.2) is 0 Å². The Kier molecular flexibility index (Phi) is 3.98. The van der Waals surface area contributed by atoms with Crippen LogP contribution in [0.15, 0.2) is 23.5 Å². The Morgan fingerprint density at radius 2 is 2.50 bits per heavy atom. The quantitative estimate of drug-likeness (QED) is 0.325. The number of aryl methyl sites for hydroxylation is 1. The average molecular weight is 209 g/mol. The topological polar surface area (TPSA) is 61.7 Å². The SMILES string of the molecule is Cc1cc(C=CCN=[N+]=[N-])cnc1Cl. The third kappa shape index (κ3) is 3.09. The van der Waals surface area contributed by atoms with Crippen LogP contribution in [-0.4, -0.2) is 11.5 Å². The lowest BCUT2D eigenvalue weighted by atomic mass is 10.2. The molecule has 0 aliphatic heterocycles. The van der Waals surface area contributed by atoms with Crippen molar-refractivity contribution in [3.8, 4) is 0 Å². The molecule has 0 aliphatic rings. The molecule has 1 aromatic rings. The fraction of sp³-hybridized carbons (Fsp3) is 0.222. The van der Waals surface area contributed by atoms with Crippen molar-refractivity contribution in [2.24, 2.45) is 5.11 Å². The molecular formula is C9H9ClN4. The average Bonchev–Trinajstić information content (AvgIpc) is 2.18. The van der Waals surface area contributed by atoms with Crippen LogP contribution in [0.3, 0.4) is 0 Å². The molecular weight excluding hydrogens is 200 g/mol. The van der Waals surface area contributed by atoms with E-state index >= 15 is 0 Å². The van der Waals surface area contributed by atoms with Gasteiger partial charge in [-0.1, -0.05) is 28.9 Å². The lowest BCUT2D eigenvalue weighted by molar-refractivity contribution is 1.21. The van der Waals surface area contributed by atoms with Gasteiger partial charge in [0.25, 0.3) is 0 Å². The summed E-state index contributed by atoms with van der Waals surface area (Å²) in [6, 6.07) is 1.92. The molecule has 0 aromatic carbocycles. The van der Waals surface area contributed by atoms with E-state index in [1.165, 1.54) is 0 Å². The molecule has 1 rings (SSSR count). The standard InChI is InChI=1S/C9H9ClN4/c1-7-5-8(6-12-9(7)10)3-2-4-13-14-11/h2-3,5-6H,4H2,1H3. The van der Waals surface area contributed by atoms with E-state index in [2.05, 4.69) is 15.0 Å². The smallest absolute Gasteiger partial charge is 0.131 e. The first-order chi connectivity index (χ1) is 6.74. The second kappa shape index (κ2) is 5.27. The van der Waals surface area contributed by atoms with Crippen molar-refractivity contribution in [2.45, 2.75) is 6.92 Å². The number of hydrogen-bond acceptors (Lipinski definition) is 2. The normalized spacial score (nSPS) is 10.1. The zero-order chi connectivity index (χ0) is 10.4. The highest BCUT2D eigenvalue weighted by molar-refractivity contribution is 6.30. The van der Waals surface area contributed by atoms with Gasteiger partial charge in [-0.25, -0.2) is 4.98 Å². The zero-order valence-electron chi connectivity index (χ0n) is 7.68. The third-order valence-corrected chi connectivity index (χ3v) is 1.99. The maximum absolute atomic E-state index is 8.04. The van der Waals surface area contributed by atoms with Crippen LogP contribution in [0.25, 0.3) is 16.5 Å². The Morgan fingerprint density at radius 1 is 1.71 bits per heavy atom. The minimum atomic E-state index is 0.345. The van der Waals surface area contributed by atoms with Gasteiger partial charge in [-0.3, -0.25) is 0 Å². The number of nitrogens with zero attached hydrogens (tertiary/aromatic N) is 4. The fourth-order valence-corrected chi connectivity index (χ4v) is 1.05. The summed E-state index contributed by atoms with van der Waals surface area (Å²) in [7, 11) is 0. The minimum Gasteiger partial charge on any atom is -0.244 e. The maximum atomic E-state index is 8.04. The van der Waals surface area contributed by atoms with Gasteiger partial charge in [-0.05, 0) is 29.6 Å². The first-order valence-corrected chi connectivity index (χ1v) is 4.41. The van der Waals surface area contributed by atoms with Gasteiger partial charge in [-0.2, -0.15) is 0 Å². The molecule has 0 unspecified atom stereocenters. The number of pyridine rings is 1. The van der Waals surface area contributed by atoms with Crippen LogP contribution < -0.4 is 0 Å². The van der Waals surface area contributed by atoms with Crippen LogP contribution in [0, 0.1) is 6.92 Å². The molecule has 0 fully saturated rings. The molecule has 0 bridgehead atoms. The lowest BCUT2D eigenvalue weighted by Gasteiger charge is -1.97. The Morgan fingerprint density at radius 3 is 3.14 bits per heavy atom. The largest absolute Gasteiger partial charge is 0.244 e. The van der Waals surface area contributed by atoms with Crippen molar-refractivity contribution in [3.05, 3.63) is 45.1 Å². The van der Waals surface area contributed by atoms with Gasteiger partial charge in [0.05, 0.1) is 0 Å². The molecule has 72 valence electrons. The number of rotatable bonds is 3. The number of hydrogen-bond donors (Lipinski definition) is 0. The van der Waals surface area contributed by atoms with Crippen LogP contribution >= 0.6 is 11.6 Å². The van der Waals surface area contributed by atoms with Gasteiger partial charge in [0.1, 0.15) is 5.15 Å². The van der Waals surface area contributed by atoms with E-state index in [0.29, 0.717) is 11.7 Å². The third-order valence-electron chi connectivity index (χ3n) is 1.60. The van der Waals surface area contributed by atoms with E-state index in [4.69, 9.17) is 17.1 Å². The van der Waals surface area contributed by atoms with Crippen molar-refractivity contribution in [3.63, 3.8) is 0 Å². The van der Waals surface area contributed by atoms with E-state index < -0.39 is 0 Å². The molecule has 0 spiro atoms. The summed E-state index contributed by atoms with van der Waals surface area (Å²) >= 11 is 5.76. The summed E-state index contributed by atoms with van der Waals surface area (Å²) in [5.41, 5.74) is 9.91. The summed E-state index contributed by atoms with van der Waals surface area (Å²) in [6.07, 6.45) is 5.27. The zero-order valence-corrected chi connectivity index (χ0v) is 8.44.